The lowest BCUT2D eigenvalue weighted by Gasteiger charge is -2.24. The van der Waals surface area contributed by atoms with Crippen LogP contribution in [-0.2, 0) is 14.2 Å². The van der Waals surface area contributed by atoms with Gasteiger partial charge in [-0.2, -0.15) is 0 Å². The molecular weight excluding hydrogens is 548 g/mol. The van der Waals surface area contributed by atoms with Crippen molar-refractivity contribution in [3.05, 3.63) is 59.7 Å². The molecule has 0 heterocycles. The van der Waals surface area contributed by atoms with Gasteiger partial charge in [-0.25, -0.2) is 14.4 Å². The van der Waals surface area contributed by atoms with E-state index in [0.717, 1.165) is 6.42 Å². The molecule has 43 heavy (non-hydrogen) atoms. The van der Waals surface area contributed by atoms with Gasteiger partial charge in [0.25, 0.3) is 0 Å². The highest BCUT2D eigenvalue weighted by atomic mass is 16.6. The maximum Gasteiger partial charge on any atom is 0.410 e. The highest BCUT2D eigenvalue weighted by Gasteiger charge is 2.29. The number of carbonyl (C=O) groups excluding carboxylic acids is 3. The van der Waals surface area contributed by atoms with Crippen LogP contribution in [0.3, 0.4) is 0 Å². The fourth-order valence-electron chi connectivity index (χ4n) is 4.35. The van der Waals surface area contributed by atoms with Gasteiger partial charge < -0.3 is 35.1 Å². The Labute approximate surface area is 256 Å². The molecule has 238 valence electrons. The average molecular weight is 599 g/mol. The molecule has 0 aliphatic heterocycles. The normalized spacial score (nSPS) is 12.2. The lowest BCUT2D eigenvalue weighted by atomic mass is 9.98. The van der Waals surface area contributed by atoms with Gasteiger partial charge in [0.05, 0.1) is 0 Å². The average Bonchev–Trinajstić information content (AvgIpc) is 3.25. The fourth-order valence-corrected chi connectivity index (χ4v) is 4.35. The Balaban J connectivity index is 0.000000420. The van der Waals surface area contributed by atoms with Crippen LogP contribution in [0.25, 0.3) is 11.1 Å². The van der Waals surface area contributed by atoms with Gasteiger partial charge in [-0.15, -0.1) is 0 Å². The number of nitrogens with one attached hydrogen (secondary N) is 1. The molecule has 1 aliphatic rings. The molecular formula is C33H50N4O6. The second-order valence-electron chi connectivity index (χ2n) is 12.6. The van der Waals surface area contributed by atoms with E-state index in [4.69, 9.17) is 19.9 Å². The minimum atomic E-state index is -0.523. The van der Waals surface area contributed by atoms with Crippen molar-refractivity contribution in [3.8, 4) is 11.1 Å². The first-order chi connectivity index (χ1) is 20.1. The van der Waals surface area contributed by atoms with Crippen molar-refractivity contribution < 1.29 is 28.6 Å². The summed E-state index contributed by atoms with van der Waals surface area (Å²) in [4.78, 5) is 38.5. The molecule has 0 fully saturated rings. The molecule has 3 amide bonds. The van der Waals surface area contributed by atoms with E-state index in [-0.39, 0.29) is 24.7 Å². The van der Waals surface area contributed by atoms with E-state index in [1.807, 2.05) is 65.8 Å². The molecule has 10 heteroatoms. The smallest absolute Gasteiger partial charge is 0.410 e. The number of amides is 3. The molecule has 0 saturated heterocycles. The zero-order valence-corrected chi connectivity index (χ0v) is 27.1. The number of hydrogen-bond donors (Lipinski definition) is 2. The first-order valence-corrected chi connectivity index (χ1v) is 14.8. The number of ether oxygens (including phenoxy) is 3. The van der Waals surface area contributed by atoms with Crippen LogP contribution in [0.2, 0.25) is 0 Å². The molecule has 2 aromatic carbocycles. The van der Waals surface area contributed by atoms with Crippen LogP contribution in [0.4, 0.5) is 14.4 Å². The summed E-state index contributed by atoms with van der Waals surface area (Å²) < 4.78 is 16.0. The van der Waals surface area contributed by atoms with E-state index in [0.29, 0.717) is 32.6 Å². The largest absolute Gasteiger partial charge is 0.449 e. The summed E-state index contributed by atoms with van der Waals surface area (Å²) >= 11 is 0. The maximum atomic E-state index is 12.2. The second-order valence-corrected chi connectivity index (χ2v) is 12.6. The van der Waals surface area contributed by atoms with Crippen LogP contribution in [-0.4, -0.2) is 86.2 Å². The second kappa shape index (κ2) is 16.2. The molecule has 1 aliphatic carbocycles. The molecule has 0 radical (unpaired) electrons. The third-order valence-electron chi connectivity index (χ3n) is 6.39. The standard InChI is InChI=1S/C24H30N2O4.C9H20N2O2/c1-24(2,3)30-23(28)26(4)15-9-14-25-22(27)29-16-21-19-12-7-5-10-17(19)18-11-6-8-13-20(18)21;1-9(2,3)13-8(12)11(4)7-5-6-10/h5-8,10-13,21H,9,14-16H2,1-4H3,(H,25,27);5-7,10H2,1-4H3. The first-order valence-electron chi connectivity index (χ1n) is 14.8. The van der Waals surface area contributed by atoms with Crippen molar-refractivity contribution in [1.82, 2.24) is 15.1 Å². The number of rotatable bonds is 9. The number of nitrogens with two attached hydrogens (primary N) is 1. The Morgan fingerprint density at radius 3 is 1.65 bits per heavy atom. The zero-order valence-electron chi connectivity index (χ0n) is 27.1. The molecule has 0 saturated carbocycles. The number of hydrogen-bond acceptors (Lipinski definition) is 7. The summed E-state index contributed by atoms with van der Waals surface area (Å²) in [5, 5.41) is 2.76. The van der Waals surface area contributed by atoms with E-state index in [9.17, 15) is 14.4 Å². The Kier molecular flexibility index (Phi) is 13.3. The van der Waals surface area contributed by atoms with Gasteiger partial charge in [-0.1, -0.05) is 48.5 Å². The van der Waals surface area contributed by atoms with Gasteiger partial charge in [0, 0.05) is 39.6 Å². The summed E-state index contributed by atoms with van der Waals surface area (Å²) in [6.45, 7) is 13.5. The Morgan fingerprint density at radius 2 is 1.21 bits per heavy atom. The summed E-state index contributed by atoms with van der Waals surface area (Å²) in [5.74, 6) is 0.0430. The molecule has 0 bridgehead atoms. The van der Waals surface area contributed by atoms with E-state index >= 15 is 0 Å². The molecule has 3 N–H and O–H groups in total. The van der Waals surface area contributed by atoms with E-state index in [1.165, 1.54) is 32.1 Å². The highest BCUT2D eigenvalue weighted by Crippen LogP contribution is 2.44. The molecule has 0 aromatic heterocycles. The first kappa shape index (κ1) is 35.4. The van der Waals surface area contributed by atoms with Crippen molar-refractivity contribution in [2.45, 2.75) is 71.5 Å². The third-order valence-corrected chi connectivity index (χ3v) is 6.39. The molecule has 3 rings (SSSR count). The number of benzene rings is 2. The van der Waals surface area contributed by atoms with Gasteiger partial charge in [0.2, 0.25) is 0 Å². The predicted molar refractivity (Wildman–Crippen MR) is 169 cm³/mol. The van der Waals surface area contributed by atoms with Crippen LogP contribution in [0.1, 0.15) is 71.4 Å². The van der Waals surface area contributed by atoms with Crippen LogP contribution in [0, 0.1) is 0 Å². The topological polar surface area (TPSA) is 123 Å². The molecule has 2 aromatic rings. The summed E-state index contributed by atoms with van der Waals surface area (Å²) in [7, 11) is 3.39. The van der Waals surface area contributed by atoms with Crippen LogP contribution in [0.15, 0.2) is 48.5 Å². The van der Waals surface area contributed by atoms with Crippen molar-refractivity contribution in [2.75, 3.05) is 46.9 Å². The lowest BCUT2D eigenvalue weighted by Crippen LogP contribution is -2.36. The lowest BCUT2D eigenvalue weighted by molar-refractivity contribution is 0.0287. The summed E-state index contributed by atoms with van der Waals surface area (Å²) in [5.41, 5.74) is 9.15. The Hall–Kier alpha value is -3.79. The van der Waals surface area contributed by atoms with Crippen molar-refractivity contribution >= 4 is 18.3 Å². The number of fused-ring (bicyclic) bond motifs is 3. The Morgan fingerprint density at radius 1 is 0.767 bits per heavy atom. The monoisotopic (exact) mass is 598 g/mol. The van der Waals surface area contributed by atoms with E-state index < -0.39 is 17.3 Å². The van der Waals surface area contributed by atoms with Gasteiger partial charge >= 0.3 is 18.3 Å². The Bertz CT molecular complexity index is 1160. The SMILES string of the molecule is CN(CCCN)C(=O)OC(C)(C)C.CN(CCCNC(=O)OCC1c2ccccc2-c2ccccc21)C(=O)OC(C)(C)C. The van der Waals surface area contributed by atoms with Crippen LogP contribution in [0.5, 0.6) is 0 Å². The van der Waals surface area contributed by atoms with Crippen LogP contribution < -0.4 is 11.1 Å². The third kappa shape index (κ3) is 12.2. The van der Waals surface area contributed by atoms with Gasteiger partial charge in [0.15, 0.2) is 0 Å². The number of nitrogens with zero attached hydrogens (tertiary/aromatic N) is 2. The predicted octanol–water partition coefficient (Wildman–Crippen LogP) is 5.98. The van der Waals surface area contributed by atoms with Crippen molar-refractivity contribution in [3.63, 3.8) is 0 Å². The summed E-state index contributed by atoms with van der Waals surface area (Å²) in [6, 6.07) is 16.5. The minimum Gasteiger partial charge on any atom is -0.449 e. The molecule has 0 atom stereocenters. The minimum absolute atomic E-state index is 0.0430. The van der Waals surface area contributed by atoms with Crippen molar-refractivity contribution in [1.29, 1.82) is 0 Å². The van der Waals surface area contributed by atoms with E-state index in [1.54, 1.807) is 14.1 Å². The molecule has 10 nitrogen and oxygen atoms in total. The maximum absolute atomic E-state index is 12.2. The van der Waals surface area contributed by atoms with E-state index in [2.05, 4.69) is 29.6 Å². The molecule has 0 spiro atoms. The quantitative estimate of drug-likeness (QED) is 0.269. The van der Waals surface area contributed by atoms with Gasteiger partial charge in [0.1, 0.15) is 17.8 Å². The highest BCUT2D eigenvalue weighted by molar-refractivity contribution is 5.79. The van der Waals surface area contributed by atoms with Gasteiger partial charge in [-0.3, -0.25) is 0 Å². The van der Waals surface area contributed by atoms with Crippen LogP contribution >= 0.6 is 0 Å². The zero-order chi connectivity index (χ0) is 32.2. The number of alkyl carbamates (subject to hydrolysis) is 1. The summed E-state index contributed by atoms with van der Waals surface area (Å²) in [6.07, 6.45) is 0.303. The molecule has 0 unspecified atom stereocenters. The van der Waals surface area contributed by atoms with Crippen molar-refractivity contribution in [2.24, 2.45) is 5.73 Å². The fraction of sp³-hybridized carbons (Fsp3) is 0.545. The van der Waals surface area contributed by atoms with Gasteiger partial charge in [-0.05, 0) is 83.2 Å². The number of carbonyl (C=O) groups is 3.